The molecule has 0 radical (unpaired) electrons. The van der Waals surface area contributed by atoms with Crippen LogP contribution in [0.5, 0.6) is 5.75 Å². The Bertz CT molecular complexity index is 739. The predicted molar refractivity (Wildman–Crippen MR) is 79.3 cm³/mol. The van der Waals surface area contributed by atoms with E-state index >= 15 is 0 Å². The molecule has 7 nitrogen and oxygen atoms in total. The van der Waals surface area contributed by atoms with Gasteiger partial charge in [-0.15, -0.1) is 0 Å². The fourth-order valence-corrected chi connectivity index (χ4v) is 2.10. The third-order valence-corrected chi connectivity index (χ3v) is 3.56. The SMILES string of the molecule is O=C(NCC(Oc1ccc(F)cc1)C(=O)O)c1cc(C2CC2)no1. The standard InChI is InChI=1S/C16H15FN2O5/c17-10-3-5-11(6-4-10)23-14(16(21)22)8-18-15(20)13-7-12(19-24-13)9-1-2-9/h3-7,9,14H,1-2,8H2,(H,18,20)(H,21,22). The molecule has 1 aliphatic carbocycles. The molecule has 1 aromatic carbocycles. The molecule has 1 fully saturated rings. The summed E-state index contributed by atoms with van der Waals surface area (Å²) in [5.74, 6) is -1.71. The summed E-state index contributed by atoms with van der Waals surface area (Å²) in [6, 6.07) is 6.49. The van der Waals surface area contributed by atoms with E-state index in [0.29, 0.717) is 5.92 Å². The van der Waals surface area contributed by atoms with Gasteiger partial charge in [-0.25, -0.2) is 9.18 Å². The lowest BCUT2D eigenvalue weighted by molar-refractivity contribution is -0.144. The van der Waals surface area contributed by atoms with E-state index in [-0.39, 0.29) is 18.1 Å². The van der Waals surface area contributed by atoms with Crippen LogP contribution in [0.15, 0.2) is 34.9 Å². The van der Waals surface area contributed by atoms with E-state index in [1.54, 1.807) is 6.07 Å². The molecule has 1 amide bonds. The normalized spacial score (nSPS) is 14.9. The van der Waals surface area contributed by atoms with Gasteiger partial charge in [0.05, 0.1) is 12.2 Å². The highest BCUT2D eigenvalue weighted by Crippen LogP contribution is 2.39. The Morgan fingerprint density at radius 1 is 1.38 bits per heavy atom. The summed E-state index contributed by atoms with van der Waals surface area (Å²) in [5, 5.41) is 15.4. The van der Waals surface area contributed by atoms with Crippen molar-refractivity contribution in [3.63, 3.8) is 0 Å². The van der Waals surface area contributed by atoms with E-state index < -0.39 is 23.8 Å². The summed E-state index contributed by atoms with van der Waals surface area (Å²) in [6.07, 6.45) is 0.741. The molecular weight excluding hydrogens is 319 g/mol. The molecule has 1 heterocycles. The highest BCUT2D eigenvalue weighted by Gasteiger charge is 2.28. The first-order valence-electron chi connectivity index (χ1n) is 7.43. The molecule has 1 saturated carbocycles. The molecule has 126 valence electrons. The maximum absolute atomic E-state index is 12.8. The first-order chi connectivity index (χ1) is 11.5. The van der Waals surface area contributed by atoms with Crippen LogP contribution in [0, 0.1) is 5.82 Å². The number of ether oxygens (including phenoxy) is 1. The third-order valence-electron chi connectivity index (χ3n) is 3.56. The van der Waals surface area contributed by atoms with Crippen molar-refractivity contribution in [2.24, 2.45) is 0 Å². The van der Waals surface area contributed by atoms with Crippen molar-refractivity contribution in [1.29, 1.82) is 0 Å². The average molecular weight is 334 g/mol. The Balaban J connectivity index is 1.57. The number of carbonyl (C=O) groups is 2. The van der Waals surface area contributed by atoms with E-state index in [0.717, 1.165) is 30.7 Å². The molecule has 24 heavy (non-hydrogen) atoms. The molecule has 3 rings (SSSR count). The number of aliphatic carboxylic acids is 1. The molecule has 0 saturated heterocycles. The van der Waals surface area contributed by atoms with Crippen molar-refractivity contribution < 1.29 is 28.3 Å². The van der Waals surface area contributed by atoms with Crippen LogP contribution < -0.4 is 10.1 Å². The van der Waals surface area contributed by atoms with Gasteiger partial charge in [-0.3, -0.25) is 4.79 Å². The van der Waals surface area contributed by atoms with Crippen LogP contribution in [-0.4, -0.2) is 34.8 Å². The first-order valence-corrected chi connectivity index (χ1v) is 7.43. The Kier molecular flexibility index (Phi) is 4.45. The van der Waals surface area contributed by atoms with E-state index in [4.69, 9.17) is 9.26 Å². The molecule has 1 aliphatic rings. The molecule has 1 aromatic heterocycles. The smallest absolute Gasteiger partial charge is 0.346 e. The summed E-state index contributed by atoms with van der Waals surface area (Å²) >= 11 is 0. The lowest BCUT2D eigenvalue weighted by Gasteiger charge is -2.15. The van der Waals surface area contributed by atoms with Crippen LogP contribution in [0.25, 0.3) is 0 Å². The Morgan fingerprint density at radius 3 is 2.71 bits per heavy atom. The second kappa shape index (κ2) is 6.69. The van der Waals surface area contributed by atoms with Gasteiger partial charge in [0.15, 0.2) is 0 Å². The van der Waals surface area contributed by atoms with Crippen molar-refractivity contribution >= 4 is 11.9 Å². The molecule has 0 spiro atoms. The largest absolute Gasteiger partial charge is 0.478 e. The number of halogens is 1. The van der Waals surface area contributed by atoms with Crippen molar-refractivity contribution in [3.8, 4) is 5.75 Å². The Labute approximate surface area is 136 Å². The lowest BCUT2D eigenvalue weighted by Crippen LogP contribution is -2.40. The minimum atomic E-state index is -1.31. The first kappa shape index (κ1) is 16.0. The molecule has 1 unspecified atom stereocenters. The van der Waals surface area contributed by atoms with Crippen LogP contribution in [0.4, 0.5) is 4.39 Å². The summed E-state index contributed by atoms with van der Waals surface area (Å²) in [5.41, 5.74) is 0.734. The molecule has 2 N–H and O–H groups in total. The zero-order valence-corrected chi connectivity index (χ0v) is 12.6. The second-order valence-corrected chi connectivity index (χ2v) is 5.50. The van der Waals surface area contributed by atoms with Crippen molar-refractivity contribution in [1.82, 2.24) is 10.5 Å². The minimum Gasteiger partial charge on any atom is -0.478 e. The zero-order chi connectivity index (χ0) is 17.1. The molecule has 1 atom stereocenters. The van der Waals surface area contributed by atoms with Gasteiger partial charge >= 0.3 is 5.97 Å². The summed E-state index contributed by atoms with van der Waals surface area (Å²) in [4.78, 5) is 23.2. The highest BCUT2D eigenvalue weighted by atomic mass is 19.1. The quantitative estimate of drug-likeness (QED) is 0.802. The van der Waals surface area contributed by atoms with Gasteiger partial charge in [0.2, 0.25) is 11.9 Å². The zero-order valence-electron chi connectivity index (χ0n) is 12.6. The van der Waals surface area contributed by atoms with Crippen molar-refractivity contribution in [3.05, 3.63) is 47.6 Å². The topological polar surface area (TPSA) is 102 Å². The number of rotatable bonds is 7. The number of hydrogen-bond acceptors (Lipinski definition) is 5. The van der Waals surface area contributed by atoms with Crippen LogP contribution in [0.2, 0.25) is 0 Å². The van der Waals surface area contributed by atoms with Crippen LogP contribution in [0.3, 0.4) is 0 Å². The number of nitrogens with zero attached hydrogens (tertiary/aromatic N) is 1. The molecular formula is C16H15FN2O5. The van der Waals surface area contributed by atoms with Crippen LogP contribution in [0.1, 0.15) is 35.0 Å². The van der Waals surface area contributed by atoms with Gasteiger partial charge in [0.25, 0.3) is 5.91 Å². The average Bonchev–Trinajstić information content (AvgIpc) is 3.29. The number of carbonyl (C=O) groups excluding carboxylic acids is 1. The maximum atomic E-state index is 12.8. The highest BCUT2D eigenvalue weighted by molar-refractivity contribution is 5.91. The second-order valence-electron chi connectivity index (χ2n) is 5.50. The van der Waals surface area contributed by atoms with Gasteiger partial charge < -0.3 is 19.7 Å². The van der Waals surface area contributed by atoms with E-state index in [2.05, 4.69) is 10.5 Å². The van der Waals surface area contributed by atoms with Gasteiger partial charge in [-0.1, -0.05) is 5.16 Å². The fraction of sp³-hybridized carbons (Fsp3) is 0.312. The Morgan fingerprint density at radius 2 is 2.08 bits per heavy atom. The Hall–Kier alpha value is -2.90. The minimum absolute atomic E-state index is 0.0304. The van der Waals surface area contributed by atoms with Gasteiger partial charge in [0.1, 0.15) is 11.6 Å². The maximum Gasteiger partial charge on any atom is 0.346 e. The van der Waals surface area contributed by atoms with E-state index in [1.807, 2.05) is 0 Å². The van der Waals surface area contributed by atoms with Crippen molar-refractivity contribution in [2.45, 2.75) is 24.9 Å². The molecule has 2 aromatic rings. The number of carboxylic acids is 1. The predicted octanol–water partition coefficient (Wildman–Crippen LogP) is 1.95. The number of benzene rings is 1. The summed E-state index contributed by atoms with van der Waals surface area (Å²) in [7, 11) is 0. The molecule has 0 aliphatic heterocycles. The van der Waals surface area contributed by atoms with Crippen molar-refractivity contribution in [2.75, 3.05) is 6.54 Å². The number of aromatic nitrogens is 1. The van der Waals surface area contributed by atoms with Gasteiger partial charge in [-0.2, -0.15) is 0 Å². The van der Waals surface area contributed by atoms with Gasteiger partial charge in [0, 0.05) is 12.0 Å². The number of amides is 1. The summed E-state index contributed by atoms with van der Waals surface area (Å²) < 4.78 is 23.0. The van der Waals surface area contributed by atoms with Crippen LogP contribution in [-0.2, 0) is 4.79 Å². The van der Waals surface area contributed by atoms with Gasteiger partial charge in [-0.05, 0) is 37.1 Å². The fourth-order valence-electron chi connectivity index (χ4n) is 2.10. The van der Waals surface area contributed by atoms with Crippen LogP contribution >= 0.6 is 0 Å². The summed E-state index contributed by atoms with van der Waals surface area (Å²) in [6.45, 7) is -0.273. The molecule has 0 bridgehead atoms. The third kappa shape index (κ3) is 3.89. The molecule has 8 heteroatoms. The number of nitrogens with one attached hydrogen (secondary N) is 1. The lowest BCUT2D eigenvalue weighted by atomic mass is 10.2. The number of carboxylic acid groups (broad SMARTS) is 1. The van der Waals surface area contributed by atoms with E-state index in [1.165, 1.54) is 12.1 Å². The number of hydrogen-bond donors (Lipinski definition) is 2. The van der Waals surface area contributed by atoms with E-state index in [9.17, 15) is 19.1 Å². The monoisotopic (exact) mass is 334 g/mol.